The molecule has 24 heavy (non-hydrogen) atoms. The third-order valence-corrected chi connectivity index (χ3v) is 3.64. The molecule has 0 saturated heterocycles. The number of anilines is 2. The Kier molecular flexibility index (Phi) is 6.34. The molecule has 1 aromatic carbocycles. The van der Waals surface area contributed by atoms with E-state index in [0.717, 1.165) is 5.56 Å². The van der Waals surface area contributed by atoms with E-state index < -0.39 is 0 Å². The number of nitrogens with zero attached hydrogens (tertiary/aromatic N) is 2. The third kappa shape index (κ3) is 4.56. The molecule has 2 rings (SSSR count). The second kappa shape index (κ2) is 8.47. The van der Waals surface area contributed by atoms with E-state index >= 15 is 0 Å². The normalized spacial score (nSPS) is 10.3. The maximum atomic E-state index is 11.9. The Labute approximate surface area is 145 Å². The van der Waals surface area contributed by atoms with Crippen molar-refractivity contribution in [3.05, 3.63) is 40.7 Å². The van der Waals surface area contributed by atoms with Crippen molar-refractivity contribution in [2.45, 2.75) is 6.92 Å². The topological polar surface area (TPSA) is 85.4 Å². The summed E-state index contributed by atoms with van der Waals surface area (Å²) in [6, 6.07) is 3.56. The maximum absolute atomic E-state index is 11.9. The van der Waals surface area contributed by atoms with Crippen molar-refractivity contribution in [1.29, 1.82) is 0 Å². The van der Waals surface area contributed by atoms with Crippen LogP contribution in [0.15, 0.2) is 24.5 Å². The first-order valence-electron chi connectivity index (χ1n) is 7.25. The predicted molar refractivity (Wildman–Crippen MR) is 92.3 cm³/mol. The Morgan fingerprint density at radius 2 is 1.96 bits per heavy atom. The van der Waals surface area contributed by atoms with Gasteiger partial charge in [-0.05, 0) is 18.6 Å². The van der Waals surface area contributed by atoms with Crippen LogP contribution in [0.3, 0.4) is 0 Å². The van der Waals surface area contributed by atoms with Crippen LogP contribution >= 0.6 is 11.6 Å². The van der Waals surface area contributed by atoms with Crippen molar-refractivity contribution in [1.82, 2.24) is 15.3 Å². The molecule has 2 aromatic rings. The van der Waals surface area contributed by atoms with Gasteiger partial charge in [-0.1, -0.05) is 11.6 Å². The van der Waals surface area contributed by atoms with Crippen LogP contribution in [0.1, 0.15) is 15.9 Å². The van der Waals surface area contributed by atoms with Gasteiger partial charge in [0.25, 0.3) is 5.91 Å². The molecule has 8 heteroatoms. The summed E-state index contributed by atoms with van der Waals surface area (Å²) < 4.78 is 10.2. The highest BCUT2D eigenvalue weighted by Crippen LogP contribution is 2.32. The number of aromatic nitrogens is 2. The number of benzene rings is 1. The van der Waals surface area contributed by atoms with Crippen molar-refractivity contribution < 1.29 is 14.3 Å². The number of carbonyl (C=O) groups excluding carboxylic acids is 1. The minimum absolute atomic E-state index is 0.251. The summed E-state index contributed by atoms with van der Waals surface area (Å²) in [5, 5.41) is 6.37. The first kappa shape index (κ1) is 18.0. The van der Waals surface area contributed by atoms with Crippen LogP contribution in [-0.4, -0.2) is 43.2 Å². The molecule has 128 valence electrons. The van der Waals surface area contributed by atoms with Gasteiger partial charge in [-0.25, -0.2) is 9.97 Å². The fraction of sp³-hybridized carbons (Fsp3) is 0.312. The molecule has 1 heterocycles. The Morgan fingerprint density at radius 3 is 2.58 bits per heavy atom. The lowest BCUT2D eigenvalue weighted by Crippen LogP contribution is -2.27. The van der Waals surface area contributed by atoms with Gasteiger partial charge in [0, 0.05) is 37.1 Å². The smallest absolute Gasteiger partial charge is 0.254 e. The van der Waals surface area contributed by atoms with Gasteiger partial charge in [0.05, 0.1) is 25.0 Å². The monoisotopic (exact) mass is 350 g/mol. The number of hydrogen-bond acceptors (Lipinski definition) is 6. The number of amides is 1. The highest BCUT2D eigenvalue weighted by Gasteiger charge is 2.10. The van der Waals surface area contributed by atoms with Crippen LogP contribution < -0.4 is 15.4 Å². The highest BCUT2D eigenvalue weighted by molar-refractivity contribution is 6.31. The first-order valence-corrected chi connectivity index (χ1v) is 7.63. The number of hydrogen-bond donors (Lipinski definition) is 2. The second-order valence-corrected chi connectivity index (χ2v) is 5.38. The lowest BCUT2D eigenvalue weighted by Gasteiger charge is -2.12. The molecule has 0 fully saturated rings. The molecule has 0 spiro atoms. The van der Waals surface area contributed by atoms with Crippen molar-refractivity contribution in [2.75, 3.05) is 32.7 Å². The van der Waals surface area contributed by atoms with Gasteiger partial charge in [-0.3, -0.25) is 4.79 Å². The summed E-state index contributed by atoms with van der Waals surface area (Å²) in [5.74, 6) is 0.678. The second-order valence-electron chi connectivity index (χ2n) is 4.97. The zero-order chi connectivity index (χ0) is 17.5. The average molecular weight is 351 g/mol. The average Bonchev–Trinajstić information content (AvgIpc) is 2.58. The largest absolute Gasteiger partial charge is 0.495 e. The number of methoxy groups -OCH3 is 2. The van der Waals surface area contributed by atoms with Crippen LogP contribution in [-0.2, 0) is 4.74 Å². The fourth-order valence-corrected chi connectivity index (χ4v) is 2.08. The van der Waals surface area contributed by atoms with Crippen LogP contribution in [0.2, 0.25) is 5.02 Å². The molecule has 0 atom stereocenters. The van der Waals surface area contributed by atoms with Gasteiger partial charge < -0.3 is 20.1 Å². The molecule has 0 unspecified atom stereocenters. The summed E-state index contributed by atoms with van der Waals surface area (Å²) in [7, 11) is 3.13. The first-order chi connectivity index (χ1) is 11.5. The minimum atomic E-state index is -0.251. The number of carbonyl (C=O) groups is 1. The van der Waals surface area contributed by atoms with Gasteiger partial charge >= 0.3 is 0 Å². The van der Waals surface area contributed by atoms with Gasteiger partial charge in [-0.2, -0.15) is 0 Å². The zero-order valence-corrected chi connectivity index (χ0v) is 14.5. The Bertz CT molecular complexity index is 707. The molecule has 0 aliphatic carbocycles. The van der Waals surface area contributed by atoms with E-state index in [4.69, 9.17) is 21.1 Å². The minimum Gasteiger partial charge on any atom is -0.495 e. The van der Waals surface area contributed by atoms with Crippen LogP contribution in [0, 0.1) is 6.92 Å². The van der Waals surface area contributed by atoms with Crippen LogP contribution in [0.25, 0.3) is 0 Å². The number of ether oxygens (including phenoxy) is 2. The van der Waals surface area contributed by atoms with Crippen molar-refractivity contribution in [3.63, 3.8) is 0 Å². The molecule has 0 saturated carbocycles. The van der Waals surface area contributed by atoms with Gasteiger partial charge in [0.15, 0.2) is 0 Å². The lowest BCUT2D eigenvalue weighted by atomic mass is 10.2. The zero-order valence-electron chi connectivity index (χ0n) is 13.7. The summed E-state index contributed by atoms with van der Waals surface area (Å²) >= 11 is 6.08. The molecule has 1 aromatic heterocycles. The molecular formula is C16H19ClN4O3. The van der Waals surface area contributed by atoms with E-state index in [1.54, 1.807) is 20.3 Å². The molecule has 0 aliphatic rings. The molecule has 2 N–H and O–H groups in total. The van der Waals surface area contributed by atoms with Crippen molar-refractivity contribution in [3.8, 4) is 5.75 Å². The van der Waals surface area contributed by atoms with E-state index in [9.17, 15) is 4.79 Å². The highest BCUT2D eigenvalue weighted by atomic mass is 35.5. The van der Waals surface area contributed by atoms with E-state index in [1.807, 2.05) is 13.0 Å². The van der Waals surface area contributed by atoms with Crippen molar-refractivity contribution >= 4 is 29.1 Å². The standard InChI is InChI=1S/C16H19ClN4O3/c1-10-6-13(14(24-3)7-12(10)17)21-16-19-8-11(9-20-16)15(22)18-4-5-23-2/h6-9H,4-5H2,1-3H3,(H,18,22)(H,19,20,21). The third-order valence-electron chi connectivity index (χ3n) is 3.23. The van der Waals surface area contributed by atoms with Crippen LogP contribution in [0.4, 0.5) is 11.6 Å². The molecule has 7 nitrogen and oxygen atoms in total. The van der Waals surface area contributed by atoms with E-state index in [0.29, 0.717) is 41.1 Å². The maximum Gasteiger partial charge on any atom is 0.254 e. The Hall–Kier alpha value is -2.38. The van der Waals surface area contributed by atoms with Gasteiger partial charge in [-0.15, -0.1) is 0 Å². The van der Waals surface area contributed by atoms with E-state index in [2.05, 4.69) is 20.6 Å². The Morgan fingerprint density at radius 1 is 1.25 bits per heavy atom. The van der Waals surface area contributed by atoms with Gasteiger partial charge in [0.1, 0.15) is 5.75 Å². The predicted octanol–water partition coefficient (Wildman–Crippen LogP) is 2.57. The summed E-state index contributed by atoms with van der Waals surface area (Å²) in [4.78, 5) is 20.2. The number of nitrogens with one attached hydrogen (secondary N) is 2. The lowest BCUT2D eigenvalue weighted by molar-refractivity contribution is 0.0936. The molecule has 0 radical (unpaired) electrons. The fourth-order valence-electron chi connectivity index (χ4n) is 1.93. The summed E-state index contributed by atoms with van der Waals surface area (Å²) in [6.45, 7) is 2.76. The SMILES string of the molecule is COCCNC(=O)c1cnc(Nc2cc(C)c(Cl)cc2OC)nc1. The molecule has 0 aliphatic heterocycles. The van der Waals surface area contributed by atoms with Crippen LogP contribution in [0.5, 0.6) is 5.75 Å². The van der Waals surface area contributed by atoms with E-state index in [1.165, 1.54) is 12.4 Å². The number of aryl methyl sites for hydroxylation is 1. The quantitative estimate of drug-likeness (QED) is 0.746. The Balaban J connectivity index is 2.09. The summed E-state index contributed by atoms with van der Waals surface area (Å²) in [5.41, 5.74) is 1.96. The van der Waals surface area contributed by atoms with Crippen molar-refractivity contribution in [2.24, 2.45) is 0 Å². The number of halogens is 1. The molecule has 0 bridgehead atoms. The molecule has 1 amide bonds. The number of rotatable bonds is 7. The van der Waals surface area contributed by atoms with Gasteiger partial charge in [0.2, 0.25) is 5.95 Å². The summed E-state index contributed by atoms with van der Waals surface area (Å²) in [6.07, 6.45) is 2.90. The molecular weight excluding hydrogens is 332 g/mol. The van der Waals surface area contributed by atoms with E-state index in [-0.39, 0.29) is 5.91 Å².